The molecule has 1 saturated heterocycles. The number of anilines is 1. The minimum Gasteiger partial charge on any atom is -0.392 e. The van der Waals surface area contributed by atoms with Crippen LogP contribution in [0.15, 0.2) is 24.3 Å². The van der Waals surface area contributed by atoms with Crippen molar-refractivity contribution in [1.82, 2.24) is 0 Å². The van der Waals surface area contributed by atoms with Crippen LogP contribution in [0.1, 0.15) is 29.2 Å². The zero-order valence-electron chi connectivity index (χ0n) is 15.2. The van der Waals surface area contributed by atoms with Crippen molar-refractivity contribution < 1.29 is 28.5 Å². The Bertz CT molecular complexity index is 985. The van der Waals surface area contributed by atoms with E-state index >= 15 is 0 Å². The van der Waals surface area contributed by atoms with E-state index in [1.54, 1.807) is 0 Å². The fourth-order valence-corrected chi connectivity index (χ4v) is 3.43. The third-order valence-electron chi connectivity index (χ3n) is 4.88. The highest BCUT2D eigenvalue weighted by atomic mass is 19.2. The van der Waals surface area contributed by atoms with Crippen LogP contribution < -0.4 is 5.32 Å². The zero-order chi connectivity index (χ0) is 21.3. The van der Waals surface area contributed by atoms with Crippen molar-refractivity contribution in [2.45, 2.75) is 32.1 Å². The van der Waals surface area contributed by atoms with E-state index in [0.29, 0.717) is 12.0 Å². The molecule has 0 spiro atoms. The van der Waals surface area contributed by atoms with E-state index < -0.39 is 51.6 Å². The zero-order valence-corrected chi connectivity index (χ0v) is 15.2. The summed E-state index contributed by atoms with van der Waals surface area (Å²) < 4.78 is 32.4. The normalized spacial score (nSPS) is 18.6. The molecule has 2 unspecified atom stereocenters. The highest BCUT2D eigenvalue weighted by molar-refractivity contribution is 5.78. The molecule has 154 valence electrons. The van der Waals surface area contributed by atoms with Gasteiger partial charge in [0, 0.05) is 18.2 Å². The summed E-state index contributed by atoms with van der Waals surface area (Å²) in [4.78, 5) is 21.6. The third-order valence-corrected chi connectivity index (χ3v) is 4.88. The molecule has 1 aliphatic heterocycles. The number of halogens is 2. The van der Waals surface area contributed by atoms with Crippen LogP contribution in [0, 0.1) is 38.8 Å². The summed E-state index contributed by atoms with van der Waals surface area (Å²) in [5.74, 6) is -2.10. The first-order valence-corrected chi connectivity index (χ1v) is 8.63. The molecule has 0 amide bonds. The molecule has 1 aliphatic rings. The standard InChI is InChI=1S/C18H17F2N3O6/c1-9-11(8-24)7-15(22(25)26)16(17(9)23(27)28)21-14-4-5-29-18(14)10-2-3-12(19)13(20)6-10/h2-3,6-7,14,18,21,24H,4-5,8H2,1H3. The number of nitrogens with one attached hydrogen (secondary N) is 1. The molecule has 29 heavy (non-hydrogen) atoms. The summed E-state index contributed by atoms with van der Waals surface area (Å²) in [6.45, 7) is 1.00. The average molecular weight is 409 g/mol. The third kappa shape index (κ3) is 3.87. The molecule has 0 saturated carbocycles. The van der Waals surface area contributed by atoms with Gasteiger partial charge in [-0.15, -0.1) is 0 Å². The van der Waals surface area contributed by atoms with Crippen molar-refractivity contribution in [3.63, 3.8) is 0 Å². The molecule has 11 heteroatoms. The Morgan fingerprint density at radius 1 is 1.21 bits per heavy atom. The first-order valence-electron chi connectivity index (χ1n) is 8.63. The summed E-state index contributed by atoms with van der Waals surface area (Å²) in [5, 5.41) is 35.4. The maximum absolute atomic E-state index is 13.6. The smallest absolute Gasteiger partial charge is 0.302 e. The van der Waals surface area contributed by atoms with Gasteiger partial charge < -0.3 is 15.2 Å². The molecule has 0 radical (unpaired) electrons. The molecule has 2 aromatic carbocycles. The molecule has 2 N–H and O–H groups in total. The highest BCUT2D eigenvalue weighted by Crippen LogP contribution is 2.42. The van der Waals surface area contributed by atoms with Gasteiger partial charge in [0.05, 0.1) is 22.5 Å². The quantitative estimate of drug-likeness (QED) is 0.552. The largest absolute Gasteiger partial charge is 0.392 e. The number of ether oxygens (including phenoxy) is 1. The van der Waals surface area contributed by atoms with Crippen molar-refractivity contribution >= 4 is 17.1 Å². The molecule has 1 fully saturated rings. The highest BCUT2D eigenvalue weighted by Gasteiger charge is 2.36. The molecule has 0 bridgehead atoms. The molecule has 2 aromatic rings. The first-order chi connectivity index (χ1) is 13.7. The van der Waals surface area contributed by atoms with Crippen LogP contribution in [0.2, 0.25) is 0 Å². The SMILES string of the molecule is Cc1c(CO)cc([N+](=O)[O-])c(NC2CCOC2c2ccc(F)c(F)c2)c1[N+](=O)[O-]. The van der Waals surface area contributed by atoms with Crippen LogP contribution in [0.25, 0.3) is 0 Å². The molecule has 2 atom stereocenters. The summed E-state index contributed by atoms with van der Waals surface area (Å²) in [7, 11) is 0. The van der Waals surface area contributed by atoms with Crippen molar-refractivity contribution in [3.05, 3.63) is 72.8 Å². The Kier molecular flexibility index (Phi) is 5.71. The Balaban J connectivity index is 2.06. The minimum absolute atomic E-state index is 0.0637. The lowest BCUT2D eigenvalue weighted by atomic mass is 9.99. The second kappa shape index (κ2) is 8.05. The van der Waals surface area contributed by atoms with Crippen molar-refractivity contribution in [2.75, 3.05) is 11.9 Å². The Morgan fingerprint density at radius 2 is 1.93 bits per heavy atom. The molecule has 0 aromatic heterocycles. The van der Waals surface area contributed by atoms with E-state index in [1.165, 1.54) is 13.0 Å². The van der Waals surface area contributed by atoms with Gasteiger partial charge in [0.15, 0.2) is 17.3 Å². The van der Waals surface area contributed by atoms with Gasteiger partial charge in [-0.25, -0.2) is 8.78 Å². The van der Waals surface area contributed by atoms with Gasteiger partial charge in [-0.1, -0.05) is 6.07 Å². The predicted octanol–water partition coefficient (Wildman–Crippen LogP) is 3.52. The van der Waals surface area contributed by atoms with Crippen LogP contribution in [-0.4, -0.2) is 27.6 Å². The number of nitro groups is 2. The maximum atomic E-state index is 13.6. The van der Waals surface area contributed by atoms with Crippen molar-refractivity contribution in [1.29, 1.82) is 0 Å². The lowest BCUT2D eigenvalue weighted by molar-refractivity contribution is -0.392. The Labute approximate surface area is 163 Å². The fraction of sp³-hybridized carbons (Fsp3) is 0.333. The second-order valence-electron chi connectivity index (χ2n) is 6.58. The molecule has 9 nitrogen and oxygen atoms in total. The predicted molar refractivity (Wildman–Crippen MR) is 97.5 cm³/mol. The number of rotatable bonds is 6. The molecule has 0 aliphatic carbocycles. The Morgan fingerprint density at radius 3 is 2.52 bits per heavy atom. The average Bonchev–Trinajstić information content (AvgIpc) is 3.12. The topological polar surface area (TPSA) is 128 Å². The summed E-state index contributed by atoms with van der Waals surface area (Å²) in [6.07, 6.45) is -0.458. The van der Waals surface area contributed by atoms with E-state index in [0.717, 1.165) is 18.2 Å². The number of nitrogens with zero attached hydrogens (tertiary/aromatic N) is 2. The number of benzene rings is 2. The van der Waals surface area contributed by atoms with E-state index in [1.807, 2.05) is 0 Å². The van der Waals surface area contributed by atoms with Gasteiger partial charge in [-0.05, 0) is 36.6 Å². The van der Waals surface area contributed by atoms with E-state index in [2.05, 4.69) is 5.32 Å². The summed E-state index contributed by atoms with van der Waals surface area (Å²) >= 11 is 0. The Hall–Kier alpha value is -3.18. The molecular formula is C18H17F2N3O6. The van der Waals surface area contributed by atoms with Crippen LogP contribution >= 0.6 is 0 Å². The molecule has 1 heterocycles. The van der Waals surface area contributed by atoms with Gasteiger partial charge in [-0.3, -0.25) is 20.2 Å². The summed E-state index contributed by atoms with van der Waals surface area (Å²) in [5.41, 5.74) is -0.963. The van der Waals surface area contributed by atoms with Crippen molar-refractivity contribution in [2.24, 2.45) is 0 Å². The minimum atomic E-state index is -1.07. The fourth-order valence-electron chi connectivity index (χ4n) is 3.43. The number of hydrogen-bond donors (Lipinski definition) is 2. The number of aliphatic hydroxyl groups excluding tert-OH is 1. The van der Waals surface area contributed by atoms with Crippen molar-refractivity contribution in [3.8, 4) is 0 Å². The monoisotopic (exact) mass is 409 g/mol. The van der Waals surface area contributed by atoms with Gasteiger partial charge in [0.25, 0.3) is 5.69 Å². The summed E-state index contributed by atoms with van der Waals surface area (Å²) in [6, 6.07) is 3.65. The second-order valence-corrected chi connectivity index (χ2v) is 6.58. The number of aliphatic hydroxyl groups is 1. The maximum Gasteiger partial charge on any atom is 0.302 e. The first kappa shape index (κ1) is 20.6. The molecule has 3 rings (SSSR count). The lowest BCUT2D eigenvalue weighted by Gasteiger charge is -2.22. The molecular weight excluding hydrogens is 392 g/mol. The van der Waals surface area contributed by atoms with Gasteiger partial charge in [0.1, 0.15) is 6.10 Å². The van der Waals surface area contributed by atoms with Gasteiger partial charge in [0.2, 0.25) is 0 Å². The lowest BCUT2D eigenvalue weighted by Crippen LogP contribution is -2.25. The van der Waals surface area contributed by atoms with Crippen LogP contribution in [0.5, 0.6) is 0 Å². The van der Waals surface area contributed by atoms with Crippen LogP contribution in [0.3, 0.4) is 0 Å². The van der Waals surface area contributed by atoms with Gasteiger partial charge >= 0.3 is 5.69 Å². The number of nitro benzene ring substituents is 2. The number of hydrogen-bond acceptors (Lipinski definition) is 7. The van der Waals surface area contributed by atoms with Gasteiger partial charge in [-0.2, -0.15) is 0 Å². The van der Waals surface area contributed by atoms with E-state index in [-0.39, 0.29) is 23.4 Å². The van der Waals surface area contributed by atoms with Crippen LogP contribution in [-0.2, 0) is 11.3 Å². The van der Waals surface area contributed by atoms with E-state index in [9.17, 15) is 34.1 Å². The van der Waals surface area contributed by atoms with Crippen LogP contribution in [0.4, 0.5) is 25.8 Å². The van der Waals surface area contributed by atoms with E-state index in [4.69, 9.17) is 4.74 Å².